The van der Waals surface area contributed by atoms with Crippen molar-refractivity contribution in [3.05, 3.63) is 78.4 Å². The highest BCUT2D eigenvalue weighted by molar-refractivity contribution is 6.00. The lowest BCUT2D eigenvalue weighted by molar-refractivity contribution is -0.145. The number of methoxy groups -OCH3 is 1. The molecular formula is C28H32N6O3. The average Bonchev–Trinajstić information content (AvgIpc) is 3.30. The number of hydrogen-bond acceptors (Lipinski definition) is 6. The molecule has 0 aliphatic rings. The fourth-order valence-electron chi connectivity index (χ4n) is 4.01. The maximum absolute atomic E-state index is 13.7. The molecule has 0 spiro atoms. The Bertz CT molecular complexity index is 1380. The van der Waals surface area contributed by atoms with E-state index in [2.05, 4.69) is 15.6 Å². The summed E-state index contributed by atoms with van der Waals surface area (Å²) in [6.07, 6.45) is 0. The Morgan fingerprint density at radius 1 is 0.973 bits per heavy atom. The van der Waals surface area contributed by atoms with Crippen LogP contribution >= 0.6 is 0 Å². The number of hydrogen-bond donors (Lipinski definition) is 1. The van der Waals surface area contributed by atoms with Crippen LogP contribution in [-0.2, 0) is 22.7 Å². The molecule has 0 saturated carbocycles. The molecule has 2 amide bonds. The monoisotopic (exact) mass is 500 g/mol. The van der Waals surface area contributed by atoms with Crippen LogP contribution in [0.1, 0.15) is 19.4 Å². The minimum atomic E-state index is -1.17. The molecule has 0 aliphatic carbocycles. The Balaban J connectivity index is 1.61. The predicted octanol–water partition coefficient (Wildman–Crippen LogP) is 3.95. The van der Waals surface area contributed by atoms with Crippen molar-refractivity contribution in [2.45, 2.75) is 32.5 Å². The molecule has 0 aliphatic heterocycles. The standard InChI is InChI=1S/C28H32N6O3/c1-28(2,27(36)29-21-12-14-22(15-13-21)32(3)4)33(18-20-10-16-23(37-5)17-11-20)26(35)19-34-25-9-7-6-8-24(25)30-31-34/h6-17H,18-19H2,1-5H3,(H,29,36). The lowest BCUT2D eigenvalue weighted by Crippen LogP contribution is -2.55. The first kappa shape index (κ1) is 25.7. The highest BCUT2D eigenvalue weighted by Gasteiger charge is 2.38. The maximum Gasteiger partial charge on any atom is 0.249 e. The summed E-state index contributed by atoms with van der Waals surface area (Å²) >= 11 is 0. The number of benzene rings is 3. The van der Waals surface area contributed by atoms with E-state index in [9.17, 15) is 9.59 Å². The fourth-order valence-corrected chi connectivity index (χ4v) is 4.01. The molecule has 3 aromatic carbocycles. The van der Waals surface area contributed by atoms with E-state index in [1.807, 2.05) is 91.8 Å². The van der Waals surface area contributed by atoms with Crippen molar-refractivity contribution >= 4 is 34.2 Å². The van der Waals surface area contributed by atoms with E-state index >= 15 is 0 Å². The SMILES string of the molecule is COc1ccc(CN(C(=O)Cn2nnc3ccccc32)C(C)(C)C(=O)Nc2ccc(N(C)C)cc2)cc1. The largest absolute Gasteiger partial charge is 0.497 e. The minimum absolute atomic E-state index is 0.0507. The topological polar surface area (TPSA) is 92.6 Å². The summed E-state index contributed by atoms with van der Waals surface area (Å²) in [6.45, 7) is 3.68. The molecule has 9 nitrogen and oxygen atoms in total. The van der Waals surface area contributed by atoms with Crippen LogP contribution < -0.4 is 15.0 Å². The number of fused-ring (bicyclic) bond motifs is 1. The number of rotatable bonds is 9. The summed E-state index contributed by atoms with van der Waals surface area (Å²) in [7, 11) is 5.52. The molecule has 37 heavy (non-hydrogen) atoms. The Kier molecular flexibility index (Phi) is 7.42. The lowest BCUT2D eigenvalue weighted by Gasteiger charge is -2.37. The highest BCUT2D eigenvalue weighted by Crippen LogP contribution is 2.24. The van der Waals surface area contributed by atoms with Crippen molar-refractivity contribution in [1.29, 1.82) is 0 Å². The number of ether oxygens (including phenoxy) is 1. The Hall–Kier alpha value is -4.40. The van der Waals surface area contributed by atoms with Crippen molar-refractivity contribution in [2.75, 3.05) is 31.4 Å². The van der Waals surface area contributed by atoms with Gasteiger partial charge in [0.05, 0.1) is 12.6 Å². The second-order valence-corrected chi connectivity index (χ2v) is 9.52. The first-order valence-electron chi connectivity index (χ1n) is 12.0. The first-order chi connectivity index (χ1) is 17.7. The van der Waals surface area contributed by atoms with Gasteiger partial charge in [-0.2, -0.15) is 0 Å². The van der Waals surface area contributed by atoms with Gasteiger partial charge < -0.3 is 19.9 Å². The summed E-state index contributed by atoms with van der Waals surface area (Å²) in [6, 6.07) is 22.5. The van der Waals surface area contributed by atoms with Gasteiger partial charge in [-0.05, 0) is 67.9 Å². The molecule has 4 aromatic rings. The van der Waals surface area contributed by atoms with Crippen molar-refractivity contribution < 1.29 is 14.3 Å². The van der Waals surface area contributed by atoms with Gasteiger partial charge in [-0.15, -0.1) is 5.10 Å². The van der Waals surface area contributed by atoms with Gasteiger partial charge in [0, 0.05) is 32.0 Å². The number of nitrogens with one attached hydrogen (secondary N) is 1. The van der Waals surface area contributed by atoms with Crippen LogP contribution in [0.2, 0.25) is 0 Å². The van der Waals surface area contributed by atoms with Gasteiger partial charge in [-0.1, -0.05) is 29.5 Å². The summed E-state index contributed by atoms with van der Waals surface area (Å²) in [5, 5.41) is 11.3. The predicted molar refractivity (Wildman–Crippen MR) is 145 cm³/mol. The zero-order chi connectivity index (χ0) is 26.6. The number of amides is 2. The summed E-state index contributed by atoms with van der Waals surface area (Å²) < 4.78 is 6.82. The van der Waals surface area contributed by atoms with Gasteiger partial charge in [-0.3, -0.25) is 9.59 Å². The van der Waals surface area contributed by atoms with Crippen LogP contribution in [0.25, 0.3) is 11.0 Å². The third-order valence-electron chi connectivity index (χ3n) is 6.38. The zero-order valence-corrected chi connectivity index (χ0v) is 21.8. The number of anilines is 2. The average molecular weight is 501 g/mol. The number of carbonyl (C=O) groups is 2. The molecule has 0 atom stereocenters. The normalized spacial score (nSPS) is 11.3. The molecule has 0 radical (unpaired) electrons. The molecule has 0 bridgehead atoms. The number of para-hydroxylation sites is 1. The fraction of sp³-hybridized carbons (Fsp3) is 0.286. The van der Waals surface area contributed by atoms with E-state index in [1.165, 1.54) is 0 Å². The Morgan fingerprint density at radius 3 is 2.30 bits per heavy atom. The Labute approximate surface area is 216 Å². The van der Waals surface area contributed by atoms with Crippen LogP contribution in [0.3, 0.4) is 0 Å². The van der Waals surface area contributed by atoms with Crippen molar-refractivity contribution in [2.24, 2.45) is 0 Å². The van der Waals surface area contributed by atoms with E-state index in [4.69, 9.17) is 4.74 Å². The summed E-state index contributed by atoms with van der Waals surface area (Å²) in [5.41, 5.74) is 2.83. The molecule has 1 heterocycles. The molecule has 0 saturated heterocycles. The third kappa shape index (κ3) is 5.72. The summed E-state index contributed by atoms with van der Waals surface area (Å²) in [4.78, 5) is 30.8. The van der Waals surface area contributed by atoms with Gasteiger partial charge in [-0.25, -0.2) is 4.68 Å². The van der Waals surface area contributed by atoms with Gasteiger partial charge in [0.2, 0.25) is 11.8 Å². The number of nitrogens with zero attached hydrogens (tertiary/aromatic N) is 5. The molecule has 192 valence electrons. The van der Waals surface area contributed by atoms with Gasteiger partial charge in [0.25, 0.3) is 0 Å². The number of carbonyl (C=O) groups excluding carboxylic acids is 2. The second kappa shape index (κ2) is 10.7. The molecule has 1 N–H and O–H groups in total. The van der Waals surface area contributed by atoms with E-state index in [-0.39, 0.29) is 24.9 Å². The summed E-state index contributed by atoms with van der Waals surface area (Å²) in [5.74, 6) is 0.166. The maximum atomic E-state index is 13.7. The van der Waals surface area contributed by atoms with Crippen LogP contribution in [-0.4, -0.2) is 58.5 Å². The van der Waals surface area contributed by atoms with E-state index < -0.39 is 5.54 Å². The lowest BCUT2D eigenvalue weighted by atomic mass is 9.99. The first-order valence-corrected chi connectivity index (χ1v) is 12.0. The number of aromatic nitrogens is 3. The molecule has 0 fully saturated rings. The second-order valence-electron chi connectivity index (χ2n) is 9.52. The van der Waals surface area contributed by atoms with Crippen LogP contribution in [0.15, 0.2) is 72.8 Å². The molecule has 9 heteroatoms. The molecule has 1 aromatic heterocycles. The van der Waals surface area contributed by atoms with E-state index in [0.29, 0.717) is 17.0 Å². The van der Waals surface area contributed by atoms with Gasteiger partial charge >= 0.3 is 0 Å². The van der Waals surface area contributed by atoms with Gasteiger partial charge in [0.1, 0.15) is 23.3 Å². The van der Waals surface area contributed by atoms with E-state index in [1.54, 1.807) is 30.5 Å². The highest BCUT2D eigenvalue weighted by atomic mass is 16.5. The zero-order valence-electron chi connectivity index (χ0n) is 21.8. The van der Waals surface area contributed by atoms with Crippen LogP contribution in [0, 0.1) is 0 Å². The van der Waals surface area contributed by atoms with Gasteiger partial charge in [0.15, 0.2) is 0 Å². The third-order valence-corrected chi connectivity index (χ3v) is 6.38. The molecule has 0 unspecified atom stereocenters. The van der Waals surface area contributed by atoms with Crippen molar-refractivity contribution in [3.8, 4) is 5.75 Å². The quantitative estimate of drug-likeness (QED) is 0.374. The van der Waals surface area contributed by atoms with E-state index in [0.717, 1.165) is 16.8 Å². The minimum Gasteiger partial charge on any atom is -0.497 e. The van der Waals surface area contributed by atoms with Crippen LogP contribution in [0.4, 0.5) is 11.4 Å². The smallest absolute Gasteiger partial charge is 0.249 e. The van der Waals surface area contributed by atoms with Crippen molar-refractivity contribution in [1.82, 2.24) is 19.9 Å². The van der Waals surface area contributed by atoms with Crippen LogP contribution in [0.5, 0.6) is 5.75 Å². The Morgan fingerprint density at radius 2 is 1.65 bits per heavy atom. The molecule has 4 rings (SSSR count). The molecular weight excluding hydrogens is 468 g/mol. The van der Waals surface area contributed by atoms with Crippen molar-refractivity contribution in [3.63, 3.8) is 0 Å².